The van der Waals surface area contributed by atoms with Crippen molar-refractivity contribution in [3.63, 3.8) is 0 Å². The number of piperidine rings is 2. The molecule has 3 heterocycles. The molecule has 3 aliphatic heterocycles. The van der Waals surface area contributed by atoms with E-state index in [0.29, 0.717) is 19.0 Å². The van der Waals surface area contributed by atoms with Gasteiger partial charge in [-0.25, -0.2) is 4.79 Å². The Bertz CT molecular complexity index is 372. The lowest BCUT2D eigenvalue weighted by atomic mass is 9.61. The third kappa shape index (κ3) is 1.76. The van der Waals surface area contributed by atoms with Crippen LogP contribution >= 0.6 is 0 Å². The summed E-state index contributed by atoms with van der Waals surface area (Å²) in [6.07, 6.45) is 2.07. The third-order valence-electron chi connectivity index (χ3n) is 4.78. The summed E-state index contributed by atoms with van der Waals surface area (Å²) >= 11 is 0. The average molecular weight is 252 g/mol. The lowest BCUT2D eigenvalue weighted by Crippen LogP contribution is -2.60. The Morgan fingerprint density at radius 1 is 1.11 bits per heavy atom. The van der Waals surface area contributed by atoms with Crippen LogP contribution in [0.3, 0.4) is 0 Å². The van der Waals surface area contributed by atoms with Gasteiger partial charge in [-0.2, -0.15) is 0 Å². The number of carbonyl (C=O) groups excluding carboxylic acids is 1. The first-order valence-corrected chi connectivity index (χ1v) is 6.83. The Labute approximate surface area is 107 Å². The maximum Gasteiger partial charge on any atom is 0.320 e. The molecule has 3 atom stereocenters. The number of nitrogens with zero attached hydrogens (tertiary/aromatic N) is 2. The van der Waals surface area contributed by atoms with Gasteiger partial charge in [0.25, 0.3) is 0 Å². The predicted octanol–water partition coefficient (Wildman–Crippen LogP) is 1.10. The van der Waals surface area contributed by atoms with Crippen molar-refractivity contribution in [3.8, 4) is 0 Å². The molecule has 18 heavy (non-hydrogen) atoms. The van der Waals surface area contributed by atoms with Gasteiger partial charge in [0.15, 0.2) is 0 Å². The largest absolute Gasteiger partial charge is 0.481 e. The van der Waals surface area contributed by atoms with Crippen LogP contribution in [0.2, 0.25) is 0 Å². The van der Waals surface area contributed by atoms with Crippen LogP contribution < -0.4 is 0 Å². The molecule has 0 spiro atoms. The van der Waals surface area contributed by atoms with Gasteiger partial charge in [-0.1, -0.05) is 6.92 Å². The summed E-state index contributed by atoms with van der Waals surface area (Å²) in [4.78, 5) is 27.1. The number of aliphatic carboxylic acids is 1. The molecule has 4 rings (SSSR count). The van der Waals surface area contributed by atoms with Crippen LogP contribution in [0.15, 0.2) is 0 Å². The Kier molecular flexibility index (Phi) is 2.72. The number of urea groups is 1. The topological polar surface area (TPSA) is 60.9 Å². The molecule has 0 radical (unpaired) electrons. The van der Waals surface area contributed by atoms with Gasteiger partial charge < -0.3 is 14.9 Å². The second-order valence-electron chi connectivity index (χ2n) is 6.15. The summed E-state index contributed by atoms with van der Waals surface area (Å²) in [5, 5.41) is 9.10. The fourth-order valence-electron chi connectivity index (χ4n) is 3.76. The third-order valence-corrected chi connectivity index (χ3v) is 4.78. The number of hydrogen-bond acceptors (Lipinski definition) is 2. The van der Waals surface area contributed by atoms with E-state index in [9.17, 15) is 9.59 Å². The molecule has 0 aromatic rings. The Hall–Kier alpha value is -1.26. The highest BCUT2D eigenvalue weighted by Gasteiger charge is 2.52. The van der Waals surface area contributed by atoms with Crippen molar-refractivity contribution in [2.45, 2.75) is 19.8 Å². The number of carboxylic acids is 1. The summed E-state index contributed by atoms with van der Waals surface area (Å²) < 4.78 is 0. The lowest BCUT2D eigenvalue weighted by molar-refractivity contribution is -0.158. The zero-order valence-corrected chi connectivity index (χ0v) is 10.7. The highest BCUT2D eigenvalue weighted by Crippen LogP contribution is 2.45. The predicted molar refractivity (Wildman–Crippen MR) is 65.0 cm³/mol. The summed E-state index contributed by atoms with van der Waals surface area (Å²) in [6, 6.07) is 0.123. The number of fused-ring (bicyclic) bond motifs is 2. The van der Waals surface area contributed by atoms with Gasteiger partial charge in [0.1, 0.15) is 0 Å². The number of carboxylic acid groups (broad SMARTS) is 1. The molecular formula is C13H20N2O3. The van der Waals surface area contributed by atoms with E-state index in [1.807, 2.05) is 9.80 Å². The fraction of sp³-hybridized carbons (Fsp3) is 0.846. The van der Waals surface area contributed by atoms with Crippen molar-refractivity contribution >= 4 is 12.0 Å². The molecule has 100 valence electrons. The molecule has 5 heteroatoms. The molecule has 3 unspecified atom stereocenters. The minimum absolute atomic E-state index is 0.123. The van der Waals surface area contributed by atoms with Gasteiger partial charge in [0.05, 0.1) is 5.92 Å². The van der Waals surface area contributed by atoms with Crippen molar-refractivity contribution in [2.24, 2.45) is 23.7 Å². The first kappa shape index (κ1) is 11.8. The monoisotopic (exact) mass is 252 g/mol. The van der Waals surface area contributed by atoms with E-state index in [1.54, 1.807) is 0 Å². The standard InChI is InChI=1S/C13H20N2O3/c1-8-2-3-14(5-8)13(18)15-6-9-4-10(7-15)11(9)12(16)17/h8-11H,2-7H2,1H3,(H,16,17). The van der Waals surface area contributed by atoms with Gasteiger partial charge in [0, 0.05) is 26.2 Å². The maximum absolute atomic E-state index is 12.3. The van der Waals surface area contributed by atoms with Crippen molar-refractivity contribution in [2.75, 3.05) is 26.2 Å². The summed E-state index contributed by atoms with van der Waals surface area (Å²) in [6.45, 7) is 5.15. The number of hydrogen-bond donors (Lipinski definition) is 1. The molecule has 5 nitrogen and oxygen atoms in total. The van der Waals surface area contributed by atoms with E-state index >= 15 is 0 Å². The van der Waals surface area contributed by atoms with Crippen LogP contribution in [0.5, 0.6) is 0 Å². The number of likely N-dealkylation sites (tertiary alicyclic amines) is 1. The summed E-state index contributed by atoms with van der Waals surface area (Å²) in [5.74, 6) is 0.0835. The zero-order chi connectivity index (χ0) is 12.9. The molecule has 4 fully saturated rings. The molecule has 1 saturated carbocycles. The maximum atomic E-state index is 12.3. The molecule has 0 aromatic carbocycles. The molecule has 2 amide bonds. The van der Waals surface area contributed by atoms with Crippen LogP contribution in [-0.2, 0) is 4.79 Å². The van der Waals surface area contributed by atoms with E-state index in [1.165, 1.54) is 0 Å². The molecule has 0 aromatic heterocycles. The quantitative estimate of drug-likeness (QED) is 0.760. The average Bonchev–Trinajstić information content (AvgIpc) is 2.74. The van der Waals surface area contributed by atoms with Gasteiger partial charge in [-0.3, -0.25) is 4.79 Å². The fourth-order valence-corrected chi connectivity index (χ4v) is 3.76. The van der Waals surface area contributed by atoms with Crippen molar-refractivity contribution in [3.05, 3.63) is 0 Å². The second kappa shape index (κ2) is 4.14. The van der Waals surface area contributed by atoms with E-state index in [4.69, 9.17) is 5.11 Å². The minimum atomic E-state index is -0.682. The lowest BCUT2D eigenvalue weighted by Gasteiger charge is -2.52. The Morgan fingerprint density at radius 3 is 2.28 bits per heavy atom. The van der Waals surface area contributed by atoms with E-state index in [2.05, 4.69) is 6.92 Å². The number of rotatable bonds is 1. The normalized spacial score (nSPS) is 38.5. The van der Waals surface area contributed by atoms with E-state index in [-0.39, 0.29) is 23.8 Å². The Balaban J connectivity index is 1.60. The molecular weight excluding hydrogens is 232 g/mol. The summed E-state index contributed by atoms with van der Waals surface area (Å²) in [7, 11) is 0. The van der Waals surface area contributed by atoms with Gasteiger partial charge in [-0.05, 0) is 30.6 Å². The molecule has 3 saturated heterocycles. The highest BCUT2D eigenvalue weighted by molar-refractivity contribution is 5.77. The van der Waals surface area contributed by atoms with Crippen molar-refractivity contribution in [1.29, 1.82) is 0 Å². The van der Waals surface area contributed by atoms with Crippen LogP contribution in [-0.4, -0.2) is 53.1 Å². The van der Waals surface area contributed by atoms with Crippen molar-refractivity contribution < 1.29 is 14.7 Å². The molecule has 2 bridgehead atoms. The van der Waals surface area contributed by atoms with Crippen LogP contribution in [0, 0.1) is 23.7 Å². The van der Waals surface area contributed by atoms with Crippen LogP contribution in [0.25, 0.3) is 0 Å². The molecule has 1 aliphatic carbocycles. The van der Waals surface area contributed by atoms with Crippen molar-refractivity contribution in [1.82, 2.24) is 9.80 Å². The summed E-state index contributed by atoms with van der Waals surface area (Å²) in [5.41, 5.74) is 0. The van der Waals surface area contributed by atoms with E-state index in [0.717, 1.165) is 25.9 Å². The van der Waals surface area contributed by atoms with Gasteiger partial charge >= 0.3 is 12.0 Å². The van der Waals surface area contributed by atoms with Crippen LogP contribution in [0.4, 0.5) is 4.79 Å². The zero-order valence-electron chi connectivity index (χ0n) is 10.7. The van der Waals surface area contributed by atoms with Gasteiger partial charge in [0.2, 0.25) is 0 Å². The van der Waals surface area contributed by atoms with E-state index < -0.39 is 5.97 Å². The number of amides is 2. The highest BCUT2D eigenvalue weighted by atomic mass is 16.4. The minimum Gasteiger partial charge on any atom is -0.481 e. The Morgan fingerprint density at radius 2 is 1.78 bits per heavy atom. The smallest absolute Gasteiger partial charge is 0.320 e. The molecule has 1 N–H and O–H groups in total. The van der Waals surface area contributed by atoms with Crippen LogP contribution in [0.1, 0.15) is 19.8 Å². The second-order valence-corrected chi connectivity index (χ2v) is 6.15. The molecule has 4 aliphatic rings. The first-order valence-electron chi connectivity index (χ1n) is 6.83. The first-order chi connectivity index (χ1) is 8.56. The SMILES string of the molecule is CC1CCN(C(=O)N2CC3CC(C2)C3C(=O)O)C1. The van der Waals surface area contributed by atoms with Gasteiger partial charge in [-0.15, -0.1) is 0 Å². The number of carbonyl (C=O) groups is 2.